The molecule has 3 rings (SSSR count). The van der Waals surface area contributed by atoms with Crippen LogP contribution in [-0.2, 0) is 0 Å². The third-order valence-corrected chi connectivity index (χ3v) is 6.08. The Bertz CT molecular complexity index is 523. The number of likely N-dealkylation sites (tertiary alicyclic amines) is 1. The van der Waals surface area contributed by atoms with Crippen molar-refractivity contribution in [2.45, 2.75) is 56.9 Å². The highest BCUT2D eigenvalue weighted by atomic mass is 35.5. The summed E-state index contributed by atoms with van der Waals surface area (Å²) in [4.78, 5) is 6.64. The van der Waals surface area contributed by atoms with Gasteiger partial charge in [-0.3, -0.25) is 4.98 Å². The third kappa shape index (κ3) is 4.90. The molecule has 0 amide bonds. The summed E-state index contributed by atoms with van der Waals surface area (Å²) in [6.07, 6.45) is 9.82. The van der Waals surface area contributed by atoms with Gasteiger partial charge in [-0.15, -0.1) is 0 Å². The first-order chi connectivity index (χ1) is 11.6. The summed E-state index contributed by atoms with van der Waals surface area (Å²) < 4.78 is 13.1. The Kier molecular flexibility index (Phi) is 6.48. The summed E-state index contributed by atoms with van der Waals surface area (Å²) in [6, 6.07) is 2.10. The highest BCUT2D eigenvalue weighted by Crippen LogP contribution is 2.38. The average Bonchev–Trinajstić information content (AvgIpc) is 2.58. The Morgan fingerprint density at radius 1 is 1.21 bits per heavy atom. The Balaban J connectivity index is 1.37. The summed E-state index contributed by atoms with van der Waals surface area (Å²) >= 11 is 6.16. The number of aromatic nitrogens is 1. The number of halogens is 2. The molecule has 24 heavy (non-hydrogen) atoms. The molecule has 1 aromatic rings. The molecule has 1 saturated heterocycles. The van der Waals surface area contributed by atoms with Crippen LogP contribution >= 0.6 is 11.6 Å². The molecule has 0 bridgehead atoms. The number of hydrogen-bond donors (Lipinski definition) is 1. The van der Waals surface area contributed by atoms with E-state index in [0.29, 0.717) is 17.0 Å². The van der Waals surface area contributed by atoms with Gasteiger partial charge in [-0.2, -0.15) is 0 Å². The molecule has 2 fully saturated rings. The predicted octanol–water partition coefficient (Wildman–Crippen LogP) is 4.22. The van der Waals surface area contributed by atoms with Crippen LogP contribution in [0.4, 0.5) is 4.39 Å². The van der Waals surface area contributed by atoms with Crippen molar-refractivity contribution in [2.24, 2.45) is 5.92 Å². The first-order valence-corrected chi connectivity index (χ1v) is 9.72. The predicted molar refractivity (Wildman–Crippen MR) is 97.0 cm³/mol. The minimum Gasteiger partial charge on any atom is -0.314 e. The first kappa shape index (κ1) is 18.1. The molecule has 5 heteroatoms. The van der Waals surface area contributed by atoms with Crippen LogP contribution in [0.25, 0.3) is 0 Å². The highest BCUT2D eigenvalue weighted by molar-refractivity contribution is 6.31. The maximum absolute atomic E-state index is 13.1. The van der Waals surface area contributed by atoms with E-state index >= 15 is 0 Å². The van der Waals surface area contributed by atoms with Crippen molar-refractivity contribution in [3.63, 3.8) is 0 Å². The summed E-state index contributed by atoms with van der Waals surface area (Å²) in [5.41, 5.74) is 0.890. The highest BCUT2D eigenvalue weighted by Gasteiger charge is 2.25. The summed E-state index contributed by atoms with van der Waals surface area (Å²) in [5.74, 6) is 0.854. The van der Waals surface area contributed by atoms with Crippen LogP contribution in [0, 0.1) is 11.7 Å². The van der Waals surface area contributed by atoms with E-state index in [0.717, 1.165) is 31.0 Å². The maximum Gasteiger partial charge on any atom is 0.142 e. The number of nitrogens with zero attached hydrogens (tertiary/aromatic N) is 2. The van der Waals surface area contributed by atoms with Crippen LogP contribution < -0.4 is 5.32 Å². The van der Waals surface area contributed by atoms with Crippen LogP contribution in [0.5, 0.6) is 0 Å². The molecule has 2 heterocycles. The molecule has 0 unspecified atom stereocenters. The molecule has 0 aromatic carbocycles. The van der Waals surface area contributed by atoms with Gasteiger partial charge in [0.25, 0.3) is 0 Å². The van der Waals surface area contributed by atoms with Crippen LogP contribution in [0.2, 0.25) is 5.02 Å². The lowest BCUT2D eigenvalue weighted by molar-refractivity contribution is 0.228. The van der Waals surface area contributed by atoms with Gasteiger partial charge in [-0.05, 0) is 83.6 Å². The van der Waals surface area contributed by atoms with Gasteiger partial charge in [0.1, 0.15) is 5.82 Å². The van der Waals surface area contributed by atoms with Crippen molar-refractivity contribution < 1.29 is 4.39 Å². The van der Waals surface area contributed by atoms with Gasteiger partial charge in [0.15, 0.2) is 0 Å². The zero-order valence-electron chi connectivity index (χ0n) is 14.6. The molecule has 0 atom stereocenters. The van der Waals surface area contributed by atoms with Crippen LogP contribution in [0.3, 0.4) is 0 Å². The van der Waals surface area contributed by atoms with Crippen molar-refractivity contribution in [1.29, 1.82) is 0 Å². The lowest BCUT2D eigenvalue weighted by Crippen LogP contribution is -2.41. The Morgan fingerprint density at radius 2 is 1.92 bits per heavy atom. The molecule has 2 aliphatic rings. The molecule has 0 spiro atoms. The monoisotopic (exact) mass is 353 g/mol. The van der Waals surface area contributed by atoms with E-state index in [1.54, 1.807) is 0 Å². The Hall–Kier alpha value is -0.710. The summed E-state index contributed by atoms with van der Waals surface area (Å²) in [7, 11) is 2.21. The molecule has 3 nitrogen and oxygen atoms in total. The molecule has 134 valence electrons. The lowest BCUT2D eigenvalue weighted by atomic mass is 9.79. The second kappa shape index (κ2) is 8.59. The van der Waals surface area contributed by atoms with Gasteiger partial charge >= 0.3 is 0 Å². The topological polar surface area (TPSA) is 28.2 Å². The molecule has 1 aliphatic heterocycles. The number of rotatable bonds is 5. The van der Waals surface area contributed by atoms with Gasteiger partial charge in [-0.1, -0.05) is 11.6 Å². The minimum atomic E-state index is -0.350. The molecular formula is C19H29ClFN3. The zero-order valence-corrected chi connectivity index (χ0v) is 15.4. The fourth-order valence-electron chi connectivity index (χ4n) is 4.15. The normalized spacial score (nSPS) is 26.6. The second-order valence-electron chi connectivity index (χ2n) is 7.56. The molecule has 1 saturated carbocycles. The number of piperidine rings is 1. The molecule has 1 aliphatic carbocycles. The zero-order chi connectivity index (χ0) is 16.9. The van der Waals surface area contributed by atoms with E-state index < -0.39 is 0 Å². The van der Waals surface area contributed by atoms with Gasteiger partial charge in [-0.25, -0.2) is 4.39 Å². The van der Waals surface area contributed by atoms with Crippen LogP contribution in [0.1, 0.15) is 56.6 Å². The number of nitrogens with one attached hydrogen (secondary N) is 1. The lowest BCUT2D eigenvalue weighted by Gasteiger charge is -2.31. The molecule has 0 radical (unpaired) electrons. The first-order valence-electron chi connectivity index (χ1n) is 9.34. The summed E-state index contributed by atoms with van der Waals surface area (Å²) in [5, 5.41) is 4.23. The summed E-state index contributed by atoms with van der Waals surface area (Å²) in [6.45, 7) is 3.57. The second-order valence-corrected chi connectivity index (χ2v) is 7.97. The minimum absolute atomic E-state index is 0.350. The number of hydrogen-bond acceptors (Lipinski definition) is 3. The van der Waals surface area contributed by atoms with E-state index in [4.69, 9.17) is 11.6 Å². The molecule has 1 N–H and O–H groups in total. The van der Waals surface area contributed by atoms with E-state index in [9.17, 15) is 4.39 Å². The Morgan fingerprint density at radius 3 is 2.58 bits per heavy atom. The van der Waals surface area contributed by atoms with Crippen molar-refractivity contribution >= 4 is 11.6 Å². The standard InChI is InChI=1S/C19H29ClFN3/c1-24-10-7-17(8-11-24)22-9-6-14-2-4-15(5-3-14)19-18(20)12-16(21)13-23-19/h12-15,17,22H,2-11H2,1H3. The quantitative estimate of drug-likeness (QED) is 0.858. The van der Waals surface area contributed by atoms with Crippen molar-refractivity contribution in [1.82, 2.24) is 15.2 Å². The fourth-order valence-corrected chi connectivity index (χ4v) is 4.46. The van der Waals surface area contributed by atoms with Crippen molar-refractivity contribution in [2.75, 3.05) is 26.7 Å². The molecular weight excluding hydrogens is 325 g/mol. The van der Waals surface area contributed by atoms with E-state index in [1.807, 2.05) is 0 Å². The van der Waals surface area contributed by atoms with Gasteiger partial charge in [0.05, 0.1) is 16.9 Å². The number of pyridine rings is 1. The third-order valence-electron chi connectivity index (χ3n) is 5.77. The van der Waals surface area contributed by atoms with E-state index in [1.165, 1.54) is 57.5 Å². The average molecular weight is 354 g/mol. The van der Waals surface area contributed by atoms with Gasteiger partial charge in [0.2, 0.25) is 0 Å². The van der Waals surface area contributed by atoms with E-state index in [2.05, 4.69) is 22.2 Å². The largest absolute Gasteiger partial charge is 0.314 e. The van der Waals surface area contributed by atoms with Gasteiger partial charge in [0, 0.05) is 12.0 Å². The van der Waals surface area contributed by atoms with E-state index in [-0.39, 0.29) is 5.82 Å². The van der Waals surface area contributed by atoms with Crippen LogP contribution in [-0.4, -0.2) is 42.6 Å². The fraction of sp³-hybridized carbons (Fsp3) is 0.737. The van der Waals surface area contributed by atoms with Crippen LogP contribution in [0.15, 0.2) is 12.3 Å². The van der Waals surface area contributed by atoms with Crippen molar-refractivity contribution in [3.8, 4) is 0 Å². The maximum atomic E-state index is 13.1. The van der Waals surface area contributed by atoms with Crippen molar-refractivity contribution in [3.05, 3.63) is 28.8 Å². The molecule has 1 aromatic heterocycles. The van der Waals surface area contributed by atoms with Gasteiger partial charge < -0.3 is 10.2 Å². The Labute approximate surface area is 150 Å². The smallest absolute Gasteiger partial charge is 0.142 e. The SMILES string of the molecule is CN1CCC(NCCC2CCC(c3ncc(F)cc3Cl)CC2)CC1.